The van der Waals surface area contributed by atoms with Crippen LogP contribution < -0.4 is 32.3 Å². The molecule has 6 aromatic rings. The van der Waals surface area contributed by atoms with Gasteiger partial charge in [0, 0.05) is 54.9 Å². The summed E-state index contributed by atoms with van der Waals surface area (Å²) in [6.45, 7) is 4.35. The smallest absolute Gasteiger partial charge is 0.323 e. The number of esters is 1. The van der Waals surface area contributed by atoms with Crippen molar-refractivity contribution in [2.24, 2.45) is 5.73 Å². The van der Waals surface area contributed by atoms with Gasteiger partial charge in [-0.05, 0) is 186 Å². The van der Waals surface area contributed by atoms with Crippen LogP contribution in [0.1, 0.15) is 60.1 Å². The fraction of sp³-hybridized carbons (Fsp3) is 0.385. The molecule has 15 nitrogen and oxygen atoms in total. The van der Waals surface area contributed by atoms with Crippen molar-refractivity contribution in [3.8, 4) is 0 Å². The predicted molar refractivity (Wildman–Crippen MR) is 321 cm³/mol. The van der Waals surface area contributed by atoms with Crippen LogP contribution in [0.15, 0.2) is 109 Å². The molecule has 1 aliphatic heterocycles. The number of halogens is 12. The topological polar surface area (TPSA) is 237 Å². The predicted octanol–water partition coefficient (Wildman–Crippen LogP) is 8.80. The number of hydrogen-bond acceptors (Lipinski definition) is 13. The summed E-state index contributed by atoms with van der Waals surface area (Å²) in [6, 6.07) is 16.3. The van der Waals surface area contributed by atoms with Gasteiger partial charge in [0.05, 0.1) is 32.0 Å². The Morgan fingerprint density at radius 2 is 0.750 bits per heavy atom. The number of aliphatic hydroxyl groups excluding tert-OH is 1. The van der Waals surface area contributed by atoms with E-state index in [1.54, 1.807) is 28.1 Å². The van der Waals surface area contributed by atoms with Crippen molar-refractivity contribution in [2.75, 3.05) is 49.0 Å². The molecule has 506 valence electrons. The molecule has 0 radical (unpaired) electrons. The number of carboxylic acids is 2. The molecule has 92 heavy (non-hydrogen) atoms. The molecule has 0 aliphatic carbocycles. The van der Waals surface area contributed by atoms with Crippen molar-refractivity contribution in [1.29, 1.82) is 0 Å². The van der Waals surface area contributed by atoms with Crippen molar-refractivity contribution in [3.05, 3.63) is 212 Å². The highest BCUT2D eigenvalue weighted by Gasteiger charge is 2.32. The van der Waals surface area contributed by atoms with Crippen LogP contribution in [-0.2, 0) is 67.2 Å². The number of carboxylic acid groups (broad SMARTS) is 2. The summed E-state index contributed by atoms with van der Waals surface area (Å²) in [5.74, 6) is -10.4. The van der Waals surface area contributed by atoms with Gasteiger partial charge in [-0.3, -0.25) is 19.2 Å². The van der Waals surface area contributed by atoms with E-state index in [9.17, 15) is 77.0 Å². The number of nitrogens with one attached hydrogen (secondary N) is 5. The summed E-state index contributed by atoms with van der Waals surface area (Å²) in [7, 11) is 9.53. The summed E-state index contributed by atoms with van der Waals surface area (Å²) < 4.78 is 164. The lowest BCUT2D eigenvalue weighted by atomic mass is 10.00. The van der Waals surface area contributed by atoms with Crippen LogP contribution in [0.3, 0.4) is 0 Å². The second-order valence-electron chi connectivity index (χ2n) is 20.7. The molecule has 1 heterocycles. The minimum Gasteiger partial charge on any atom is -0.480 e. The van der Waals surface area contributed by atoms with E-state index in [2.05, 4.69) is 31.3 Å². The van der Waals surface area contributed by atoms with Crippen molar-refractivity contribution in [1.82, 2.24) is 26.6 Å². The van der Waals surface area contributed by atoms with Gasteiger partial charge < -0.3 is 57.1 Å². The molecule has 0 aromatic heterocycles. The number of Topliss-reactive ketones (excluding diaryl/α,β-unsaturated/α-hetero) is 1. The maximum atomic E-state index is 12.9. The zero-order valence-corrected chi connectivity index (χ0v) is 51.8. The van der Waals surface area contributed by atoms with E-state index in [1.165, 1.54) is 62.7 Å². The van der Waals surface area contributed by atoms with Crippen LogP contribution in [0.2, 0.25) is 0 Å². The van der Waals surface area contributed by atoms with Gasteiger partial charge in [-0.15, -0.1) is 0 Å². The van der Waals surface area contributed by atoms with Crippen LogP contribution in [0.5, 0.6) is 0 Å². The Labute approximate surface area is 526 Å². The molecule has 7 rings (SSSR count). The number of carbonyl (C=O) groups is 4. The Hall–Kier alpha value is -7.76. The third kappa shape index (κ3) is 31.5. The maximum absolute atomic E-state index is 12.9. The lowest BCUT2D eigenvalue weighted by molar-refractivity contribution is -0.143. The van der Waals surface area contributed by atoms with Gasteiger partial charge in [-0.2, -0.15) is 0 Å². The van der Waals surface area contributed by atoms with Gasteiger partial charge in [-0.25, -0.2) is 52.7 Å². The Morgan fingerprint density at radius 1 is 0.457 bits per heavy atom. The number of ketones is 1. The fourth-order valence-corrected chi connectivity index (χ4v) is 8.73. The largest absolute Gasteiger partial charge is 0.480 e. The second kappa shape index (κ2) is 41.7. The van der Waals surface area contributed by atoms with Gasteiger partial charge in [0.1, 0.15) is 93.7 Å². The van der Waals surface area contributed by atoms with Gasteiger partial charge in [0.2, 0.25) is 0 Å². The molecule has 0 bridgehead atoms. The minimum atomic E-state index is -1.20. The van der Waals surface area contributed by atoms with Gasteiger partial charge in [0.15, 0.2) is 0 Å². The van der Waals surface area contributed by atoms with E-state index in [0.29, 0.717) is 59.9 Å². The molecule has 6 aromatic carbocycles. The number of benzene rings is 6. The highest BCUT2D eigenvalue weighted by atomic mass is 19.2. The number of aliphatic hydroxyl groups is 1. The first kappa shape index (κ1) is 80.3. The number of rotatable bonds is 25. The van der Waals surface area contributed by atoms with E-state index in [-0.39, 0.29) is 54.8 Å². The average molecular weight is 1320 g/mol. The molecule has 8 atom stereocenters. The zero-order valence-electron chi connectivity index (χ0n) is 51.8. The molecule has 0 amide bonds. The fourth-order valence-electron chi connectivity index (χ4n) is 8.73. The lowest BCUT2D eigenvalue weighted by Crippen LogP contribution is -2.39. The first-order valence-electron chi connectivity index (χ1n) is 28.6. The standard InChI is InChI=1S/C12H17F2NO.C12H15F2NO.C11H13F2NO2.C11H13F2NO.C10H11F2NO2.C9H9F2NO2/c2*1-3-12(16)11(15-2)6-8-4-9(13)7-10(14)5-8;1-14-10(11(15)16-2)5-7-3-8(12)6-9(13)4-7;1-14-10(11-6-15-11)4-7-2-8(12)5-9(13)3-7;1-13-9(10(14)15)4-6-2-7(11)5-8(12)3-6;10-6-1-5(2-7(11)4-6)3-8(12)9(13)14/h4-5,7,11-12,15-16H,3,6H2,1-2H3;4-5,7,11,15H,3,6H2,1-2H3;3-4,6,10,14H,5H2,1-2H3;2-3,5,10-11,14H,4,6H2,1H3;2-3,5,9,13H,4H2,1H3,(H,14,15);1-2,4,8H,3,12H2,(H,13,14)/t11-,12?;11-;10-;10-,11?;9-;8-/m000000/s1. The molecular formula is C65H78F12N6O9. The normalized spacial score (nSPS) is 14.3. The number of epoxide rings is 1. The minimum absolute atomic E-state index is 0.0344. The van der Waals surface area contributed by atoms with E-state index in [0.717, 1.165) is 67.3 Å². The molecule has 1 saturated heterocycles. The van der Waals surface area contributed by atoms with Crippen molar-refractivity contribution in [3.63, 3.8) is 0 Å². The molecule has 27 heteroatoms. The molecule has 0 spiro atoms. The summed E-state index contributed by atoms with van der Waals surface area (Å²) >= 11 is 0. The number of methoxy groups -OCH3 is 1. The number of carbonyl (C=O) groups excluding carboxylic acids is 2. The first-order chi connectivity index (χ1) is 43.4. The summed E-state index contributed by atoms with van der Waals surface area (Å²) in [5, 5.41) is 41.0. The van der Waals surface area contributed by atoms with E-state index >= 15 is 0 Å². The second-order valence-corrected chi connectivity index (χ2v) is 20.7. The van der Waals surface area contributed by atoms with Crippen LogP contribution in [0.25, 0.3) is 0 Å². The zero-order chi connectivity index (χ0) is 69.4. The highest BCUT2D eigenvalue weighted by molar-refractivity contribution is 5.84. The molecule has 10 N–H and O–H groups in total. The third-order valence-electron chi connectivity index (χ3n) is 13.5. The molecule has 1 aliphatic rings. The van der Waals surface area contributed by atoms with Crippen LogP contribution in [0, 0.1) is 69.8 Å². The monoisotopic (exact) mass is 1310 g/mol. The van der Waals surface area contributed by atoms with E-state index in [4.69, 9.17) is 20.7 Å². The Balaban J connectivity index is 0.000000376. The number of hydrogen-bond donors (Lipinski definition) is 9. The van der Waals surface area contributed by atoms with Gasteiger partial charge >= 0.3 is 17.9 Å². The Bertz CT molecular complexity index is 3090. The molecule has 0 saturated carbocycles. The third-order valence-corrected chi connectivity index (χ3v) is 13.5. The van der Waals surface area contributed by atoms with Gasteiger partial charge in [0.25, 0.3) is 0 Å². The van der Waals surface area contributed by atoms with Crippen molar-refractivity contribution < 1.29 is 96.7 Å². The Morgan fingerprint density at radius 3 is 1.00 bits per heavy atom. The number of likely N-dealkylation sites (N-methyl/N-ethyl adjacent to an activating group) is 5. The van der Waals surface area contributed by atoms with Crippen LogP contribution in [-0.4, -0.2) is 136 Å². The van der Waals surface area contributed by atoms with Gasteiger partial charge in [-0.1, -0.05) is 13.8 Å². The number of nitrogens with two attached hydrogens (primary N) is 1. The lowest BCUT2D eigenvalue weighted by Gasteiger charge is -2.21. The number of ether oxygens (including phenoxy) is 2. The summed E-state index contributed by atoms with van der Waals surface area (Å²) in [5.41, 5.74) is 7.84. The van der Waals surface area contributed by atoms with Crippen molar-refractivity contribution in [2.45, 2.75) is 114 Å². The SMILES string of the molecule is CCC(=O)[C@H](Cc1cc(F)cc(F)c1)NC.CCC(O)[C@H](Cc1cc(F)cc(F)c1)NC.CN[C@@H](Cc1cc(F)cc(F)c1)C(=O)O.CN[C@@H](Cc1cc(F)cc(F)c1)C(=O)OC.CN[C@@H](Cc1cc(F)cc(F)c1)C1CO1.N[C@@H](Cc1cc(F)cc(F)c1)C(=O)O. The molecule has 1 fully saturated rings. The van der Waals surface area contributed by atoms with E-state index in [1.807, 2.05) is 14.0 Å². The van der Waals surface area contributed by atoms with Crippen LogP contribution >= 0.6 is 0 Å². The van der Waals surface area contributed by atoms with E-state index < -0.39 is 112 Å². The quantitative estimate of drug-likeness (QED) is 0.0148. The van der Waals surface area contributed by atoms with Crippen molar-refractivity contribution >= 4 is 23.7 Å². The molecular weight excluding hydrogens is 1240 g/mol. The first-order valence-corrected chi connectivity index (χ1v) is 28.6. The number of aliphatic carboxylic acids is 2. The highest BCUT2D eigenvalue weighted by Crippen LogP contribution is 2.20. The maximum Gasteiger partial charge on any atom is 0.323 e. The average Bonchev–Trinajstić information content (AvgIpc) is 1.77. The summed E-state index contributed by atoms with van der Waals surface area (Å²) in [6.07, 6.45) is 2.08. The molecule has 2 unspecified atom stereocenters. The Kier molecular flexibility index (Phi) is 36.4. The van der Waals surface area contributed by atoms with Crippen LogP contribution in [0.4, 0.5) is 52.7 Å². The summed E-state index contributed by atoms with van der Waals surface area (Å²) in [4.78, 5) is 43.7.